The Kier molecular flexibility index (Phi) is 4.88. The molecule has 7 heteroatoms. The van der Waals surface area contributed by atoms with E-state index < -0.39 is 0 Å². The highest BCUT2D eigenvalue weighted by Crippen LogP contribution is 2.31. The average molecular weight is 397 g/mol. The van der Waals surface area contributed by atoms with Crippen molar-refractivity contribution in [1.29, 1.82) is 0 Å². The third-order valence-corrected chi connectivity index (χ3v) is 6.62. The summed E-state index contributed by atoms with van der Waals surface area (Å²) in [7, 11) is 0. The topological polar surface area (TPSA) is 69.7 Å². The number of carbonyl (C=O) groups excluding carboxylic acids is 1. The zero-order valence-electron chi connectivity index (χ0n) is 15.8. The van der Waals surface area contributed by atoms with E-state index in [0.717, 1.165) is 62.0 Å². The normalized spacial score (nSPS) is 21.6. The lowest BCUT2D eigenvalue weighted by molar-refractivity contribution is -0.116. The second-order valence-corrected chi connectivity index (χ2v) is 8.45. The number of fused-ring (bicyclic) bond motifs is 1. The van der Waals surface area contributed by atoms with Crippen LogP contribution in [0, 0.1) is 0 Å². The Labute approximate surface area is 168 Å². The van der Waals surface area contributed by atoms with Gasteiger partial charge < -0.3 is 9.72 Å². The van der Waals surface area contributed by atoms with E-state index in [-0.39, 0.29) is 5.91 Å². The van der Waals surface area contributed by atoms with Gasteiger partial charge in [0.05, 0.1) is 23.7 Å². The number of nitrogens with zero attached hydrogens (tertiary/aromatic N) is 2. The number of morpholine rings is 1. The largest absolute Gasteiger partial charge is 0.379 e. The lowest BCUT2D eigenvalue weighted by Gasteiger charge is -2.27. The molecule has 3 aliphatic rings. The Bertz CT molecular complexity index is 936. The van der Waals surface area contributed by atoms with Gasteiger partial charge >= 0.3 is 0 Å². The first-order valence-corrected chi connectivity index (χ1v) is 10.8. The van der Waals surface area contributed by atoms with Crippen LogP contribution < -0.4 is 5.43 Å². The summed E-state index contributed by atoms with van der Waals surface area (Å²) < 4.78 is 5.51. The molecule has 1 aliphatic carbocycles. The summed E-state index contributed by atoms with van der Waals surface area (Å²) in [5.41, 5.74) is 9.23. The second kappa shape index (κ2) is 7.66. The molecule has 146 valence electrons. The molecule has 6 nitrogen and oxygen atoms in total. The third-order valence-electron chi connectivity index (χ3n) is 5.74. The van der Waals surface area contributed by atoms with Crippen molar-refractivity contribution >= 4 is 29.0 Å². The zero-order valence-corrected chi connectivity index (χ0v) is 16.6. The van der Waals surface area contributed by atoms with Crippen LogP contribution in [0.3, 0.4) is 0 Å². The first kappa shape index (κ1) is 17.8. The van der Waals surface area contributed by atoms with Crippen LogP contribution in [0.4, 0.5) is 0 Å². The molecule has 0 radical (unpaired) electrons. The van der Waals surface area contributed by atoms with Gasteiger partial charge in [0.2, 0.25) is 0 Å². The van der Waals surface area contributed by atoms with Crippen LogP contribution in [-0.2, 0) is 28.9 Å². The number of amides is 1. The van der Waals surface area contributed by atoms with E-state index in [9.17, 15) is 4.79 Å². The Morgan fingerprint density at radius 2 is 2.11 bits per heavy atom. The molecule has 0 spiro atoms. The van der Waals surface area contributed by atoms with Gasteiger partial charge in [0, 0.05) is 31.0 Å². The monoisotopic (exact) mass is 396 g/mol. The van der Waals surface area contributed by atoms with Crippen LogP contribution in [0.1, 0.15) is 40.2 Å². The predicted molar refractivity (Wildman–Crippen MR) is 111 cm³/mol. The number of thiophene rings is 1. The smallest absolute Gasteiger partial charge is 0.273 e. The highest BCUT2D eigenvalue weighted by atomic mass is 32.1. The summed E-state index contributed by atoms with van der Waals surface area (Å²) >= 11 is 1.60. The molecule has 2 N–H and O–H groups in total. The standard InChI is InChI=1S/C21H24N4O2S/c26-21-15(20(23-24-21)19-6-3-11-28-19)12-18-16(13-25-7-9-27-10-8-25)14-4-1-2-5-17(14)22-18/h3,6,11-12,22H,1-2,4-5,7-10,13H2,(H,24,26). The maximum atomic E-state index is 12.5. The molecular formula is C21H24N4O2S. The number of rotatable bonds is 4. The van der Waals surface area contributed by atoms with Crippen LogP contribution in [0.5, 0.6) is 0 Å². The molecule has 0 bridgehead atoms. The average Bonchev–Trinajstić information content (AvgIpc) is 3.44. The molecular weight excluding hydrogens is 372 g/mol. The Morgan fingerprint density at radius 3 is 2.93 bits per heavy atom. The van der Waals surface area contributed by atoms with Crippen molar-refractivity contribution in [2.75, 3.05) is 26.3 Å². The zero-order chi connectivity index (χ0) is 18.9. The van der Waals surface area contributed by atoms with E-state index >= 15 is 0 Å². The fourth-order valence-corrected chi connectivity index (χ4v) is 5.01. The molecule has 2 aliphatic heterocycles. The molecule has 0 unspecified atom stereocenters. The van der Waals surface area contributed by atoms with Gasteiger partial charge in [-0.05, 0) is 54.3 Å². The van der Waals surface area contributed by atoms with E-state index in [2.05, 4.69) is 20.4 Å². The molecule has 1 fully saturated rings. The molecule has 1 saturated heterocycles. The van der Waals surface area contributed by atoms with Crippen molar-refractivity contribution in [2.24, 2.45) is 5.10 Å². The van der Waals surface area contributed by atoms with Crippen molar-refractivity contribution in [1.82, 2.24) is 15.3 Å². The maximum Gasteiger partial charge on any atom is 0.273 e. The highest BCUT2D eigenvalue weighted by molar-refractivity contribution is 7.12. The fraction of sp³-hybridized carbons (Fsp3) is 0.429. The van der Waals surface area contributed by atoms with Crippen molar-refractivity contribution in [2.45, 2.75) is 32.2 Å². The van der Waals surface area contributed by atoms with Gasteiger partial charge in [-0.15, -0.1) is 11.3 Å². The molecule has 0 saturated carbocycles. The van der Waals surface area contributed by atoms with Gasteiger partial charge in [0.25, 0.3) is 5.91 Å². The Hall–Kier alpha value is -2.22. The minimum Gasteiger partial charge on any atom is -0.379 e. The van der Waals surface area contributed by atoms with E-state index in [0.29, 0.717) is 5.57 Å². The van der Waals surface area contributed by atoms with E-state index in [1.165, 1.54) is 29.7 Å². The maximum absolute atomic E-state index is 12.5. The molecule has 5 rings (SSSR count). The molecule has 0 aromatic carbocycles. The number of aromatic nitrogens is 1. The number of aromatic amines is 1. The summed E-state index contributed by atoms with van der Waals surface area (Å²) in [6.07, 6.45) is 6.68. The summed E-state index contributed by atoms with van der Waals surface area (Å²) in [4.78, 5) is 19.6. The number of carbonyl (C=O) groups is 1. The molecule has 2 aromatic rings. The van der Waals surface area contributed by atoms with E-state index in [1.807, 2.05) is 23.6 Å². The summed E-state index contributed by atoms with van der Waals surface area (Å²) in [5, 5.41) is 6.29. The molecule has 28 heavy (non-hydrogen) atoms. The van der Waals surface area contributed by atoms with Crippen LogP contribution in [-0.4, -0.2) is 47.8 Å². The lowest BCUT2D eigenvalue weighted by atomic mass is 9.93. The highest BCUT2D eigenvalue weighted by Gasteiger charge is 2.27. The second-order valence-electron chi connectivity index (χ2n) is 7.51. The van der Waals surface area contributed by atoms with Gasteiger partial charge in [0.1, 0.15) is 5.71 Å². The fourth-order valence-electron chi connectivity index (χ4n) is 4.28. The first-order valence-electron chi connectivity index (χ1n) is 9.96. The van der Waals surface area contributed by atoms with Gasteiger partial charge in [-0.1, -0.05) is 6.07 Å². The van der Waals surface area contributed by atoms with Gasteiger partial charge in [0.15, 0.2) is 0 Å². The summed E-state index contributed by atoms with van der Waals surface area (Å²) in [5.74, 6) is -0.131. The van der Waals surface area contributed by atoms with Gasteiger partial charge in [-0.3, -0.25) is 9.69 Å². The Morgan fingerprint density at radius 1 is 1.25 bits per heavy atom. The number of H-pyrrole nitrogens is 1. The number of nitrogens with one attached hydrogen (secondary N) is 2. The summed E-state index contributed by atoms with van der Waals surface area (Å²) in [6, 6.07) is 3.99. The first-order chi connectivity index (χ1) is 13.8. The molecule has 0 atom stereocenters. The van der Waals surface area contributed by atoms with Crippen molar-refractivity contribution < 1.29 is 9.53 Å². The van der Waals surface area contributed by atoms with Gasteiger partial charge in [-0.25, -0.2) is 5.43 Å². The number of aryl methyl sites for hydroxylation is 1. The van der Waals surface area contributed by atoms with Crippen LogP contribution >= 0.6 is 11.3 Å². The Balaban J connectivity index is 1.53. The SMILES string of the molecule is O=C1NN=C(c2cccs2)C1=Cc1[nH]c2c(c1CN1CCOCC1)CCCC2. The minimum atomic E-state index is -0.131. The van der Waals surface area contributed by atoms with Gasteiger partial charge in [-0.2, -0.15) is 5.10 Å². The molecule has 4 heterocycles. The predicted octanol–water partition coefficient (Wildman–Crippen LogP) is 2.70. The molecule has 2 aromatic heterocycles. The number of hydrogen-bond acceptors (Lipinski definition) is 5. The third kappa shape index (κ3) is 3.34. The number of hydrazone groups is 1. The lowest BCUT2D eigenvalue weighted by Crippen LogP contribution is -2.36. The van der Waals surface area contributed by atoms with Crippen molar-refractivity contribution in [3.63, 3.8) is 0 Å². The van der Waals surface area contributed by atoms with Crippen molar-refractivity contribution in [3.8, 4) is 0 Å². The summed E-state index contributed by atoms with van der Waals surface area (Å²) in [6.45, 7) is 4.40. The minimum absolute atomic E-state index is 0.131. The van der Waals surface area contributed by atoms with E-state index in [4.69, 9.17) is 4.74 Å². The quantitative estimate of drug-likeness (QED) is 0.781. The van der Waals surface area contributed by atoms with Crippen LogP contribution in [0.25, 0.3) is 6.08 Å². The number of ether oxygens (including phenoxy) is 1. The van der Waals surface area contributed by atoms with Crippen LogP contribution in [0.2, 0.25) is 0 Å². The van der Waals surface area contributed by atoms with E-state index in [1.54, 1.807) is 11.3 Å². The molecule has 1 amide bonds. The van der Waals surface area contributed by atoms with Crippen LogP contribution in [0.15, 0.2) is 28.2 Å². The van der Waals surface area contributed by atoms with Crippen molar-refractivity contribution in [3.05, 3.63) is 50.5 Å². The number of hydrogen-bond donors (Lipinski definition) is 2.